The Bertz CT molecular complexity index is 1490. The largest absolute Gasteiger partial charge is 0.748 e. The van der Waals surface area contributed by atoms with Gasteiger partial charge in [-0.25, -0.2) is 18.0 Å². The number of benzene rings is 3. The second-order valence-electron chi connectivity index (χ2n) is 9.69. The van der Waals surface area contributed by atoms with Gasteiger partial charge in [-0.1, -0.05) is 30.3 Å². The van der Waals surface area contributed by atoms with Crippen molar-refractivity contribution in [3.8, 4) is 11.5 Å². The molecule has 0 aliphatic carbocycles. The highest BCUT2D eigenvalue weighted by Crippen LogP contribution is 2.43. The van der Waals surface area contributed by atoms with Crippen LogP contribution in [0, 0.1) is 6.92 Å². The minimum Gasteiger partial charge on any atom is -0.748 e. The van der Waals surface area contributed by atoms with Crippen LogP contribution in [0.15, 0.2) is 66.7 Å². The lowest BCUT2D eigenvalue weighted by atomic mass is 9.85. The summed E-state index contributed by atoms with van der Waals surface area (Å²) in [5.74, 6) is 0.477. The molecule has 2 amide bonds. The average molecular weight is 586 g/mol. The number of ether oxygens (including phenoxy) is 4. The van der Waals surface area contributed by atoms with Gasteiger partial charge in [0.1, 0.15) is 11.5 Å². The van der Waals surface area contributed by atoms with Gasteiger partial charge in [0.15, 0.2) is 0 Å². The number of anilines is 2. The van der Waals surface area contributed by atoms with E-state index in [1.165, 1.54) is 13.2 Å². The number of fused-ring (bicyclic) bond motifs is 1. The van der Waals surface area contributed by atoms with Gasteiger partial charge in [-0.05, 0) is 69.2 Å². The van der Waals surface area contributed by atoms with Gasteiger partial charge >= 0.3 is 12.2 Å². The molecule has 0 bridgehead atoms. The van der Waals surface area contributed by atoms with Gasteiger partial charge in [0, 0.05) is 29.6 Å². The fourth-order valence-electron chi connectivity index (χ4n) is 4.04. The zero-order valence-electron chi connectivity index (χ0n) is 23.4. The lowest BCUT2D eigenvalue weighted by Gasteiger charge is -2.25. The Morgan fingerprint density at radius 1 is 0.976 bits per heavy atom. The second-order valence-corrected chi connectivity index (χ2v) is 11.1. The van der Waals surface area contributed by atoms with E-state index in [1.54, 1.807) is 42.5 Å². The van der Waals surface area contributed by atoms with E-state index in [4.69, 9.17) is 14.2 Å². The van der Waals surface area contributed by atoms with Crippen LogP contribution in [0.4, 0.5) is 21.0 Å². The van der Waals surface area contributed by atoms with Crippen LogP contribution in [0.3, 0.4) is 0 Å². The van der Waals surface area contributed by atoms with Gasteiger partial charge in [0.05, 0.1) is 28.4 Å². The van der Waals surface area contributed by atoms with Gasteiger partial charge in [0.25, 0.3) is 0 Å². The summed E-state index contributed by atoms with van der Waals surface area (Å²) in [4.78, 5) is 23.0. The van der Waals surface area contributed by atoms with Crippen molar-refractivity contribution in [2.45, 2.75) is 45.2 Å². The van der Waals surface area contributed by atoms with Gasteiger partial charge in [-0.15, -0.1) is 0 Å². The maximum absolute atomic E-state index is 11.8. The predicted octanol–water partition coefficient (Wildman–Crippen LogP) is 5.55. The molecule has 2 N–H and O–H groups in total. The van der Waals surface area contributed by atoms with Crippen LogP contribution in [-0.4, -0.2) is 45.2 Å². The van der Waals surface area contributed by atoms with Crippen molar-refractivity contribution in [2.75, 3.05) is 24.4 Å². The standard InChI is InChI=1S/C16H16N2O4.C13H18O5S/c1-11-5-3-6-12(9-11)18-16(20)22-14-8-4-7-13(10-14)17-15(19)21-2;1-4-17-12-13(2,3)10-7-9(8-19(14,15)16)5-6-11(10)18-12/h3-10H,1-2H3,(H,17,19)(H,18,20);5-7,12H,4,8H2,1-3H3,(H,14,15,16)/p-1. The van der Waals surface area contributed by atoms with E-state index in [-0.39, 0.29) is 5.41 Å². The van der Waals surface area contributed by atoms with E-state index < -0.39 is 34.3 Å². The first-order valence-electron chi connectivity index (χ1n) is 12.7. The summed E-state index contributed by atoms with van der Waals surface area (Å²) in [6.07, 6.45) is -1.60. The summed E-state index contributed by atoms with van der Waals surface area (Å²) in [7, 11) is -3.01. The molecule has 4 rings (SSSR count). The zero-order valence-corrected chi connectivity index (χ0v) is 24.2. The van der Waals surface area contributed by atoms with Crippen LogP contribution in [0.2, 0.25) is 0 Å². The van der Waals surface area contributed by atoms with Crippen LogP contribution >= 0.6 is 0 Å². The third-order valence-electron chi connectivity index (χ3n) is 5.96. The van der Waals surface area contributed by atoms with E-state index in [0.717, 1.165) is 11.1 Å². The molecule has 0 radical (unpaired) electrons. The van der Waals surface area contributed by atoms with E-state index in [9.17, 15) is 22.6 Å². The minimum absolute atomic E-state index is 0.305. The van der Waals surface area contributed by atoms with Crippen molar-refractivity contribution in [3.05, 3.63) is 83.4 Å². The SMILES string of the molecule is CCOC1Oc2ccc(CS(=O)(=O)[O-])cc2C1(C)C.COC(=O)Nc1cccc(OC(=O)Nc2cccc(C)c2)c1. The van der Waals surface area contributed by atoms with Gasteiger partial charge in [0.2, 0.25) is 6.29 Å². The summed E-state index contributed by atoms with van der Waals surface area (Å²) in [5, 5.41) is 5.12. The fourth-order valence-corrected chi connectivity index (χ4v) is 4.63. The third kappa shape index (κ3) is 9.20. The van der Waals surface area contributed by atoms with Crippen LogP contribution in [0.25, 0.3) is 0 Å². The monoisotopic (exact) mass is 585 g/mol. The number of aryl methyl sites for hydroxylation is 1. The molecule has 12 heteroatoms. The summed E-state index contributed by atoms with van der Waals surface area (Å²) >= 11 is 0. The highest BCUT2D eigenvalue weighted by atomic mass is 32.2. The maximum Gasteiger partial charge on any atom is 0.417 e. The lowest BCUT2D eigenvalue weighted by Crippen LogP contribution is -2.34. The number of carbonyl (C=O) groups is 2. The first-order chi connectivity index (χ1) is 19.3. The average Bonchev–Trinajstić information content (AvgIpc) is 3.13. The Hall–Kier alpha value is -4.13. The Morgan fingerprint density at radius 2 is 1.63 bits per heavy atom. The van der Waals surface area contributed by atoms with Gasteiger partial charge in [-0.3, -0.25) is 10.6 Å². The number of hydrogen-bond donors (Lipinski definition) is 2. The summed E-state index contributed by atoms with van der Waals surface area (Å²) in [6, 6.07) is 18.8. The first kappa shape index (κ1) is 31.4. The number of carbonyl (C=O) groups excluding carboxylic acids is 2. The second kappa shape index (κ2) is 13.5. The smallest absolute Gasteiger partial charge is 0.417 e. The highest BCUT2D eigenvalue weighted by Gasteiger charge is 2.42. The minimum atomic E-state index is -4.28. The molecule has 1 unspecified atom stereocenters. The quantitative estimate of drug-likeness (QED) is 0.340. The van der Waals surface area contributed by atoms with E-state index in [1.807, 2.05) is 45.9 Å². The van der Waals surface area contributed by atoms with E-state index in [0.29, 0.717) is 35.0 Å². The topological polar surface area (TPSA) is 152 Å². The van der Waals surface area contributed by atoms with Crippen molar-refractivity contribution in [2.24, 2.45) is 0 Å². The number of nitrogens with one attached hydrogen (secondary N) is 2. The molecule has 0 aromatic heterocycles. The molecular formula is C29H33N2O9S-. The Labute approximate surface area is 239 Å². The van der Waals surface area contributed by atoms with E-state index >= 15 is 0 Å². The molecule has 1 heterocycles. The molecule has 0 saturated carbocycles. The Balaban J connectivity index is 0.000000228. The summed E-state index contributed by atoms with van der Waals surface area (Å²) in [6.45, 7) is 8.28. The first-order valence-corrected chi connectivity index (χ1v) is 14.2. The molecule has 41 heavy (non-hydrogen) atoms. The summed E-state index contributed by atoms with van der Waals surface area (Å²) < 4.78 is 53.4. The molecule has 1 aliphatic heterocycles. The number of amides is 2. The fraction of sp³-hybridized carbons (Fsp3) is 0.310. The zero-order chi connectivity index (χ0) is 30.2. The van der Waals surface area contributed by atoms with Crippen LogP contribution in [0.5, 0.6) is 11.5 Å². The molecule has 0 fully saturated rings. The maximum atomic E-state index is 11.8. The molecule has 3 aromatic rings. The van der Waals surface area contributed by atoms with Crippen molar-refractivity contribution < 1.29 is 41.5 Å². The van der Waals surface area contributed by atoms with Crippen LogP contribution in [0.1, 0.15) is 37.5 Å². The number of hydrogen-bond acceptors (Lipinski definition) is 9. The summed E-state index contributed by atoms with van der Waals surface area (Å²) in [5.41, 5.74) is 3.10. The van der Waals surface area contributed by atoms with Crippen molar-refractivity contribution in [3.63, 3.8) is 0 Å². The van der Waals surface area contributed by atoms with Crippen molar-refractivity contribution >= 4 is 33.7 Å². The molecule has 1 aliphatic rings. The van der Waals surface area contributed by atoms with Crippen molar-refractivity contribution in [1.82, 2.24) is 0 Å². The Morgan fingerprint density at radius 3 is 2.27 bits per heavy atom. The molecule has 3 aromatic carbocycles. The van der Waals surface area contributed by atoms with Crippen molar-refractivity contribution in [1.29, 1.82) is 0 Å². The highest BCUT2D eigenvalue weighted by molar-refractivity contribution is 7.84. The van der Waals surface area contributed by atoms with E-state index in [2.05, 4.69) is 15.4 Å². The predicted molar refractivity (Wildman–Crippen MR) is 152 cm³/mol. The number of rotatable bonds is 7. The Kier molecular flexibility index (Phi) is 10.3. The number of methoxy groups -OCH3 is 1. The third-order valence-corrected chi connectivity index (χ3v) is 6.65. The molecule has 11 nitrogen and oxygen atoms in total. The molecule has 220 valence electrons. The van der Waals surface area contributed by atoms with Crippen LogP contribution < -0.4 is 20.1 Å². The molecule has 0 saturated heterocycles. The van der Waals surface area contributed by atoms with Crippen LogP contribution in [-0.2, 0) is 30.8 Å². The normalized spacial score (nSPS) is 14.9. The lowest BCUT2D eigenvalue weighted by molar-refractivity contribution is -0.0981. The van der Waals surface area contributed by atoms with Gasteiger partial charge < -0.3 is 23.5 Å². The molecular weight excluding hydrogens is 552 g/mol. The molecule has 1 atom stereocenters. The van der Waals surface area contributed by atoms with Gasteiger partial charge in [-0.2, -0.15) is 0 Å². The molecule has 0 spiro atoms.